The lowest BCUT2D eigenvalue weighted by atomic mass is 9.99. The minimum absolute atomic E-state index is 0.0577. The first-order chi connectivity index (χ1) is 9.57. The molecule has 1 aliphatic carbocycles. The predicted molar refractivity (Wildman–Crippen MR) is 82.7 cm³/mol. The minimum atomic E-state index is -0.0742. The number of nitrogen functional groups attached to an aromatic ring is 1. The lowest BCUT2D eigenvalue weighted by Crippen LogP contribution is -2.43. The van der Waals surface area contributed by atoms with E-state index < -0.39 is 0 Å². The second kappa shape index (κ2) is 4.82. The molecule has 3 heteroatoms. The van der Waals surface area contributed by atoms with Gasteiger partial charge in [-0.15, -0.1) is 0 Å². The molecule has 3 nitrogen and oxygen atoms in total. The summed E-state index contributed by atoms with van der Waals surface area (Å²) in [5.74, 6) is -0.0577. The van der Waals surface area contributed by atoms with Crippen LogP contribution in [0.2, 0.25) is 0 Å². The summed E-state index contributed by atoms with van der Waals surface area (Å²) in [5, 5.41) is 5.27. The van der Waals surface area contributed by atoms with Crippen LogP contribution in [0, 0.1) is 0 Å². The number of carbonyl (C=O) groups is 1. The number of rotatable bonds is 2. The number of nitrogens with two attached hydrogens (primary N) is 1. The van der Waals surface area contributed by atoms with Gasteiger partial charge in [-0.25, -0.2) is 0 Å². The largest absolute Gasteiger partial charge is 0.398 e. The molecule has 0 heterocycles. The van der Waals surface area contributed by atoms with E-state index in [1.165, 1.54) is 12.8 Å². The molecule has 3 rings (SSSR count). The number of nitrogens with one attached hydrogen (secondary N) is 1. The Bertz CT molecular complexity index is 657. The van der Waals surface area contributed by atoms with Gasteiger partial charge in [0.15, 0.2) is 0 Å². The maximum Gasteiger partial charge on any atom is 0.253 e. The summed E-state index contributed by atoms with van der Waals surface area (Å²) in [4.78, 5) is 12.5. The number of benzene rings is 2. The molecule has 1 saturated carbocycles. The van der Waals surface area contributed by atoms with E-state index in [4.69, 9.17) is 5.73 Å². The van der Waals surface area contributed by atoms with E-state index >= 15 is 0 Å². The van der Waals surface area contributed by atoms with Crippen LogP contribution >= 0.6 is 0 Å². The third-order valence-electron chi connectivity index (χ3n) is 4.28. The van der Waals surface area contributed by atoms with Gasteiger partial charge >= 0.3 is 0 Å². The molecule has 104 valence electrons. The Morgan fingerprint density at radius 3 is 2.40 bits per heavy atom. The van der Waals surface area contributed by atoms with E-state index in [-0.39, 0.29) is 11.4 Å². The van der Waals surface area contributed by atoms with Gasteiger partial charge in [-0.3, -0.25) is 4.79 Å². The van der Waals surface area contributed by atoms with Crippen molar-refractivity contribution >= 4 is 22.4 Å². The van der Waals surface area contributed by atoms with Crippen molar-refractivity contribution < 1.29 is 4.79 Å². The highest BCUT2D eigenvalue weighted by atomic mass is 16.1. The summed E-state index contributed by atoms with van der Waals surface area (Å²) in [7, 11) is 0. The Morgan fingerprint density at radius 1 is 1.15 bits per heavy atom. The van der Waals surface area contributed by atoms with Crippen LogP contribution < -0.4 is 11.1 Å². The van der Waals surface area contributed by atoms with Crippen molar-refractivity contribution in [3.63, 3.8) is 0 Å². The zero-order valence-electron chi connectivity index (χ0n) is 11.8. The first-order valence-electron chi connectivity index (χ1n) is 7.18. The van der Waals surface area contributed by atoms with Crippen LogP contribution in [-0.4, -0.2) is 11.4 Å². The summed E-state index contributed by atoms with van der Waals surface area (Å²) in [6.45, 7) is 2.12. The highest BCUT2D eigenvalue weighted by molar-refractivity contribution is 6.04. The van der Waals surface area contributed by atoms with E-state index in [2.05, 4.69) is 12.2 Å². The summed E-state index contributed by atoms with van der Waals surface area (Å²) in [6, 6.07) is 11.7. The first-order valence-corrected chi connectivity index (χ1v) is 7.18. The highest BCUT2D eigenvalue weighted by Crippen LogP contribution is 2.30. The molecule has 2 aromatic carbocycles. The lowest BCUT2D eigenvalue weighted by Gasteiger charge is -2.25. The maximum absolute atomic E-state index is 12.5. The molecule has 1 aliphatic rings. The number of fused-ring (bicyclic) bond motifs is 1. The molecule has 20 heavy (non-hydrogen) atoms. The normalized spacial score (nSPS) is 17.2. The molecular weight excluding hydrogens is 248 g/mol. The van der Waals surface area contributed by atoms with Gasteiger partial charge in [-0.05, 0) is 42.7 Å². The molecule has 2 aromatic rings. The van der Waals surface area contributed by atoms with Crippen molar-refractivity contribution in [3.8, 4) is 0 Å². The second-order valence-electron chi connectivity index (χ2n) is 6.01. The van der Waals surface area contributed by atoms with Gasteiger partial charge < -0.3 is 11.1 Å². The van der Waals surface area contributed by atoms with Crippen LogP contribution in [0.5, 0.6) is 0 Å². The van der Waals surface area contributed by atoms with E-state index in [1.54, 1.807) is 0 Å². The second-order valence-corrected chi connectivity index (χ2v) is 6.01. The number of amides is 1. The minimum Gasteiger partial charge on any atom is -0.398 e. The molecule has 0 spiro atoms. The Hall–Kier alpha value is -2.03. The standard InChI is InChI=1S/C17H20N2O/c1-17(8-4-5-9-17)19-16(20)14-10-12-6-2-3-7-13(12)11-15(14)18/h2-3,6-7,10-11H,4-5,8-9,18H2,1H3,(H,19,20). The van der Waals surface area contributed by atoms with Crippen molar-refractivity contribution in [2.24, 2.45) is 0 Å². The van der Waals surface area contributed by atoms with Crippen LogP contribution in [0.25, 0.3) is 10.8 Å². The summed E-state index contributed by atoms with van der Waals surface area (Å²) in [5.41, 5.74) is 7.09. The zero-order valence-corrected chi connectivity index (χ0v) is 11.8. The van der Waals surface area contributed by atoms with Crippen LogP contribution in [-0.2, 0) is 0 Å². The molecule has 0 atom stereocenters. The topological polar surface area (TPSA) is 55.1 Å². The van der Waals surface area contributed by atoms with E-state index in [0.717, 1.165) is 23.6 Å². The Labute approximate surface area is 119 Å². The van der Waals surface area contributed by atoms with Gasteiger partial charge in [0.05, 0.1) is 5.56 Å². The van der Waals surface area contributed by atoms with Gasteiger partial charge in [0.2, 0.25) is 0 Å². The number of anilines is 1. The molecule has 0 unspecified atom stereocenters. The fourth-order valence-corrected chi connectivity index (χ4v) is 3.08. The Kier molecular flexibility index (Phi) is 3.13. The average Bonchev–Trinajstić information content (AvgIpc) is 2.84. The number of carbonyl (C=O) groups excluding carboxylic acids is 1. The third-order valence-corrected chi connectivity index (χ3v) is 4.28. The van der Waals surface area contributed by atoms with Crippen LogP contribution in [0.15, 0.2) is 36.4 Å². The van der Waals surface area contributed by atoms with Gasteiger partial charge in [-0.2, -0.15) is 0 Å². The fourth-order valence-electron chi connectivity index (χ4n) is 3.08. The van der Waals surface area contributed by atoms with E-state index in [9.17, 15) is 4.79 Å². The SMILES string of the molecule is CC1(NC(=O)c2cc3ccccc3cc2N)CCCC1. The van der Waals surface area contributed by atoms with E-state index in [0.29, 0.717) is 11.3 Å². The number of hydrogen-bond acceptors (Lipinski definition) is 2. The molecule has 0 bridgehead atoms. The molecule has 0 aliphatic heterocycles. The zero-order chi connectivity index (χ0) is 14.2. The Balaban J connectivity index is 1.92. The molecule has 0 saturated heterocycles. The quantitative estimate of drug-likeness (QED) is 0.819. The highest BCUT2D eigenvalue weighted by Gasteiger charge is 2.30. The van der Waals surface area contributed by atoms with Crippen molar-refractivity contribution in [3.05, 3.63) is 42.0 Å². The average molecular weight is 268 g/mol. The molecule has 1 amide bonds. The maximum atomic E-state index is 12.5. The summed E-state index contributed by atoms with van der Waals surface area (Å²) in [6.07, 6.45) is 4.46. The van der Waals surface area contributed by atoms with Crippen molar-refractivity contribution in [1.82, 2.24) is 5.32 Å². The predicted octanol–water partition coefficient (Wildman–Crippen LogP) is 3.48. The fraction of sp³-hybridized carbons (Fsp3) is 0.353. The summed E-state index contributed by atoms with van der Waals surface area (Å²) < 4.78 is 0. The molecule has 3 N–H and O–H groups in total. The van der Waals surface area contributed by atoms with Gasteiger partial charge in [-0.1, -0.05) is 37.1 Å². The van der Waals surface area contributed by atoms with E-state index in [1.807, 2.05) is 36.4 Å². The number of hydrogen-bond donors (Lipinski definition) is 2. The van der Waals surface area contributed by atoms with Gasteiger partial charge in [0.1, 0.15) is 0 Å². The molecule has 0 radical (unpaired) electrons. The summed E-state index contributed by atoms with van der Waals surface area (Å²) >= 11 is 0. The smallest absolute Gasteiger partial charge is 0.253 e. The van der Waals surface area contributed by atoms with Crippen molar-refractivity contribution in [1.29, 1.82) is 0 Å². The van der Waals surface area contributed by atoms with Crippen molar-refractivity contribution in [2.45, 2.75) is 38.1 Å². The van der Waals surface area contributed by atoms with Gasteiger partial charge in [0, 0.05) is 11.2 Å². The first kappa shape index (κ1) is 13.0. The molecule has 0 aromatic heterocycles. The van der Waals surface area contributed by atoms with Crippen molar-refractivity contribution in [2.75, 3.05) is 5.73 Å². The molecule has 1 fully saturated rings. The van der Waals surface area contributed by atoms with Crippen LogP contribution in [0.3, 0.4) is 0 Å². The van der Waals surface area contributed by atoms with Crippen LogP contribution in [0.4, 0.5) is 5.69 Å². The van der Waals surface area contributed by atoms with Crippen LogP contribution in [0.1, 0.15) is 43.0 Å². The monoisotopic (exact) mass is 268 g/mol. The lowest BCUT2D eigenvalue weighted by molar-refractivity contribution is 0.0909. The third kappa shape index (κ3) is 2.36. The van der Waals surface area contributed by atoms with Gasteiger partial charge in [0.25, 0.3) is 5.91 Å². The molecular formula is C17H20N2O. The Morgan fingerprint density at radius 2 is 1.75 bits per heavy atom.